The van der Waals surface area contributed by atoms with Crippen molar-refractivity contribution in [2.45, 2.75) is 63.7 Å². The molecule has 1 aromatic rings. The Balaban J connectivity index is 1.88. The van der Waals surface area contributed by atoms with E-state index in [1.54, 1.807) is 6.20 Å². The third-order valence-electron chi connectivity index (χ3n) is 4.57. The lowest BCUT2D eigenvalue weighted by Gasteiger charge is -2.20. The van der Waals surface area contributed by atoms with Crippen molar-refractivity contribution in [3.8, 4) is 5.88 Å². The lowest BCUT2D eigenvalue weighted by atomic mass is 9.86. The first-order chi connectivity index (χ1) is 9.36. The van der Waals surface area contributed by atoms with Crippen molar-refractivity contribution in [1.82, 2.24) is 4.98 Å². The Labute approximate surface area is 115 Å². The van der Waals surface area contributed by atoms with Gasteiger partial charge in [0, 0.05) is 12.0 Å². The molecule has 0 aromatic carbocycles. The first kappa shape index (κ1) is 12.8. The summed E-state index contributed by atoms with van der Waals surface area (Å²) < 4.78 is 5.60. The quantitative estimate of drug-likeness (QED) is 0.835. The molecule has 1 fully saturated rings. The van der Waals surface area contributed by atoms with Crippen molar-refractivity contribution in [3.05, 3.63) is 17.3 Å². The van der Waals surface area contributed by atoms with Crippen molar-refractivity contribution in [3.63, 3.8) is 0 Å². The number of fused-ring (bicyclic) bond motifs is 1. The van der Waals surface area contributed by atoms with Crippen LogP contribution in [0.3, 0.4) is 0 Å². The highest BCUT2D eigenvalue weighted by atomic mass is 16.5. The summed E-state index contributed by atoms with van der Waals surface area (Å²) in [6.07, 6.45) is 13.6. The number of anilines is 1. The van der Waals surface area contributed by atoms with E-state index in [0.29, 0.717) is 5.92 Å². The first-order valence-electron chi connectivity index (χ1n) is 7.76. The minimum Gasteiger partial charge on any atom is -0.477 e. The normalized spacial score (nSPS) is 21.1. The zero-order valence-corrected chi connectivity index (χ0v) is 11.7. The SMILES string of the molecule is Nc1cnc2c(c1C1CCCCCCCC1)CCO2. The molecule has 2 aliphatic rings. The lowest BCUT2D eigenvalue weighted by molar-refractivity contribution is 0.345. The standard InChI is InChI=1S/C16H24N2O/c17-14-11-18-16-13(9-10-19-16)15(14)12-7-5-3-1-2-4-6-8-12/h11-12H,1-10,17H2. The van der Waals surface area contributed by atoms with Crippen molar-refractivity contribution in [2.24, 2.45) is 0 Å². The molecular formula is C16H24N2O. The van der Waals surface area contributed by atoms with Crippen LogP contribution in [0.15, 0.2) is 6.20 Å². The van der Waals surface area contributed by atoms with E-state index in [-0.39, 0.29) is 0 Å². The predicted molar refractivity (Wildman–Crippen MR) is 77.5 cm³/mol. The summed E-state index contributed by atoms with van der Waals surface area (Å²) in [5.41, 5.74) is 9.78. The summed E-state index contributed by atoms with van der Waals surface area (Å²) in [5.74, 6) is 1.46. The van der Waals surface area contributed by atoms with Crippen LogP contribution in [-0.4, -0.2) is 11.6 Å². The molecule has 1 aromatic heterocycles. The molecule has 3 heteroatoms. The van der Waals surface area contributed by atoms with Crippen LogP contribution < -0.4 is 10.5 Å². The van der Waals surface area contributed by atoms with Crippen molar-refractivity contribution in [1.29, 1.82) is 0 Å². The maximum Gasteiger partial charge on any atom is 0.217 e. The van der Waals surface area contributed by atoms with E-state index in [1.165, 1.54) is 62.5 Å². The van der Waals surface area contributed by atoms with Crippen LogP contribution >= 0.6 is 0 Å². The van der Waals surface area contributed by atoms with Gasteiger partial charge in [0.15, 0.2) is 0 Å². The van der Waals surface area contributed by atoms with Gasteiger partial charge in [0.2, 0.25) is 5.88 Å². The molecule has 0 bridgehead atoms. The molecule has 0 radical (unpaired) electrons. The van der Waals surface area contributed by atoms with Gasteiger partial charge in [-0.05, 0) is 24.3 Å². The first-order valence-corrected chi connectivity index (χ1v) is 7.76. The Bertz CT molecular complexity index is 435. The highest BCUT2D eigenvalue weighted by Gasteiger charge is 2.25. The Kier molecular flexibility index (Phi) is 3.90. The van der Waals surface area contributed by atoms with Crippen LogP contribution in [0.2, 0.25) is 0 Å². The van der Waals surface area contributed by atoms with E-state index in [2.05, 4.69) is 4.98 Å². The van der Waals surface area contributed by atoms with Crippen LogP contribution in [-0.2, 0) is 6.42 Å². The van der Waals surface area contributed by atoms with E-state index in [0.717, 1.165) is 24.6 Å². The Hall–Kier alpha value is -1.25. The fraction of sp³-hybridized carbons (Fsp3) is 0.688. The highest BCUT2D eigenvalue weighted by Crippen LogP contribution is 2.39. The average Bonchev–Trinajstić information content (AvgIpc) is 2.91. The molecule has 2 N–H and O–H groups in total. The molecule has 1 aliphatic heterocycles. The van der Waals surface area contributed by atoms with Crippen LogP contribution in [0.1, 0.15) is 68.4 Å². The van der Waals surface area contributed by atoms with E-state index >= 15 is 0 Å². The summed E-state index contributed by atoms with van der Waals surface area (Å²) in [5, 5.41) is 0. The van der Waals surface area contributed by atoms with Gasteiger partial charge in [-0.25, -0.2) is 4.98 Å². The molecule has 104 valence electrons. The van der Waals surface area contributed by atoms with Crippen molar-refractivity contribution in [2.75, 3.05) is 12.3 Å². The number of rotatable bonds is 1. The van der Waals surface area contributed by atoms with Gasteiger partial charge in [-0.3, -0.25) is 0 Å². The molecular weight excluding hydrogens is 236 g/mol. The van der Waals surface area contributed by atoms with Crippen molar-refractivity contribution < 1.29 is 4.74 Å². The molecule has 0 saturated heterocycles. The molecule has 1 aliphatic carbocycles. The summed E-state index contributed by atoms with van der Waals surface area (Å²) in [6.45, 7) is 0.769. The maximum absolute atomic E-state index is 6.24. The van der Waals surface area contributed by atoms with Crippen LogP contribution in [0.4, 0.5) is 5.69 Å². The van der Waals surface area contributed by atoms with E-state index in [4.69, 9.17) is 10.5 Å². The third kappa shape index (κ3) is 2.70. The second-order valence-electron chi connectivity index (χ2n) is 5.90. The molecule has 3 nitrogen and oxygen atoms in total. The number of ether oxygens (including phenoxy) is 1. The molecule has 0 atom stereocenters. The Morgan fingerprint density at radius 1 is 1.05 bits per heavy atom. The lowest BCUT2D eigenvalue weighted by Crippen LogP contribution is -2.07. The van der Waals surface area contributed by atoms with E-state index < -0.39 is 0 Å². The van der Waals surface area contributed by atoms with Crippen molar-refractivity contribution >= 4 is 5.69 Å². The number of hydrogen-bond acceptors (Lipinski definition) is 3. The zero-order valence-electron chi connectivity index (χ0n) is 11.7. The fourth-order valence-electron chi connectivity index (χ4n) is 3.58. The molecule has 3 rings (SSSR count). The summed E-state index contributed by atoms with van der Waals surface area (Å²) in [4.78, 5) is 4.33. The number of nitrogens with two attached hydrogens (primary N) is 1. The van der Waals surface area contributed by atoms with Crippen LogP contribution in [0, 0.1) is 0 Å². The topological polar surface area (TPSA) is 48.1 Å². The number of nitrogens with zero attached hydrogens (tertiary/aromatic N) is 1. The van der Waals surface area contributed by atoms with Gasteiger partial charge in [0.05, 0.1) is 18.5 Å². The third-order valence-corrected chi connectivity index (χ3v) is 4.57. The number of aromatic nitrogens is 1. The number of nitrogen functional groups attached to an aromatic ring is 1. The molecule has 0 unspecified atom stereocenters. The smallest absolute Gasteiger partial charge is 0.217 e. The molecule has 19 heavy (non-hydrogen) atoms. The molecule has 1 saturated carbocycles. The van der Waals surface area contributed by atoms with Gasteiger partial charge < -0.3 is 10.5 Å². The summed E-state index contributed by atoms with van der Waals surface area (Å²) >= 11 is 0. The minimum absolute atomic E-state index is 0.622. The molecule has 0 spiro atoms. The Morgan fingerprint density at radius 2 is 1.74 bits per heavy atom. The van der Waals surface area contributed by atoms with Gasteiger partial charge >= 0.3 is 0 Å². The predicted octanol–water partition coefficient (Wildman–Crippen LogP) is 3.82. The molecule has 2 heterocycles. The minimum atomic E-state index is 0.622. The Morgan fingerprint density at radius 3 is 2.47 bits per heavy atom. The van der Waals surface area contributed by atoms with Gasteiger partial charge in [0.1, 0.15) is 0 Å². The van der Waals surface area contributed by atoms with Gasteiger partial charge in [-0.15, -0.1) is 0 Å². The molecule has 0 amide bonds. The number of pyridine rings is 1. The van der Waals surface area contributed by atoms with Gasteiger partial charge in [0.25, 0.3) is 0 Å². The van der Waals surface area contributed by atoms with Crippen LogP contribution in [0.5, 0.6) is 5.88 Å². The maximum atomic E-state index is 6.24. The van der Waals surface area contributed by atoms with Gasteiger partial charge in [-0.1, -0.05) is 38.5 Å². The summed E-state index contributed by atoms with van der Waals surface area (Å²) in [7, 11) is 0. The van der Waals surface area contributed by atoms with E-state index in [9.17, 15) is 0 Å². The van der Waals surface area contributed by atoms with Crippen LogP contribution in [0.25, 0.3) is 0 Å². The summed E-state index contributed by atoms with van der Waals surface area (Å²) in [6, 6.07) is 0. The highest BCUT2D eigenvalue weighted by molar-refractivity contribution is 5.55. The number of hydrogen-bond donors (Lipinski definition) is 1. The largest absolute Gasteiger partial charge is 0.477 e. The second kappa shape index (κ2) is 5.81. The fourth-order valence-corrected chi connectivity index (χ4v) is 3.58. The van der Waals surface area contributed by atoms with E-state index in [1.807, 2.05) is 0 Å². The average molecular weight is 260 g/mol. The zero-order chi connectivity index (χ0) is 13.1. The monoisotopic (exact) mass is 260 g/mol. The second-order valence-corrected chi connectivity index (χ2v) is 5.90. The van der Waals surface area contributed by atoms with Gasteiger partial charge in [-0.2, -0.15) is 0 Å².